The van der Waals surface area contributed by atoms with Crippen LogP contribution in [0.15, 0.2) is 0 Å². The fourth-order valence-corrected chi connectivity index (χ4v) is 0. The summed E-state index contributed by atoms with van der Waals surface area (Å²) in [6.07, 6.45) is 0. The van der Waals surface area contributed by atoms with Crippen molar-refractivity contribution in [3.05, 3.63) is 0 Å². The van der Waals surface area contributed by atoms with Gasteiger partial charge in [0.15, 0.2) is 69.4 Å². The minimum Gasteiger partial charge on any atom is 0 e. The second kappa shape index (κ2) is 30.2. The van der Waals surface area contributed by atoms with Gasteiger partial charge >= 0.3 is 0 Å². The van der Waals surface area contributed by atoms with Crippen LogP contribution in [0.5, 0.6) is 0 Å². The van der Waals surface area contributed by atoms with Gasteiger partial charge in [0, 0.05) is 17.1 Å². The molecule has 0 aliphatic heterocycles. The fraction of sp³-hybridized carbons (Fsp3) is 0. The maximum Gasteiger partial charge on any atom is 0.187 e. The number of hydrogen-bond acceptors (Lipinski definition) is 0. The number of rotatable bonds is 0. The van der Waals surface area contributed by atoms with E-state index in [0.717, 1.165) is 0 Å². The Morgan fingerprint density at radius 3 is 0.400 bits per heavy atom. The summed E-state index contributed by atoms with van der Waals surface area (Å²) in [5.41, 5.74) is 0. The van der Waals surface area contributed by atoms with Crippen LogP contribution < -0.4 is 0 Å². The van der Waals surface area contributed by atoms with Gasteiger partial charge in [-0.15, -0.1) is 0 Å². The molecular weight excluding hydrogens is 164 g/mol. The molecule has 0 amide bonds. The maximum absolute atomic E-state index is 0. The van der Waals surface area contributed by atoms with Crippen LogP contribution in [0.25, 0.3) is 0 Å². The van der Waals surface area contributed by atoms with E-state index in [4.69, 9.17) is 0 Å². The molecule has 0 spiro atoms. The maximum atomic E-state index is 0. The Bertz CT molecular complexity index is 3.61. The first-order chi connectivity index (χ1) is 0. The van der Waals surface area contributed by atoms with Gasteiger partial charge in [-0.2, -0.15) is 0 Å². The third kappa shape index (κ3) is 20.5. The molecule has 0 atom stereocenters. The van der Waals surface area contributed by atoms with Crippen LogP contribution in [-0.2, 0) is 17.1 Å². The zero-order valence-electron chi connectivity index (χ0n) is 0.354. The van der Waals surface area contributed by atoms with Crippen LogP contribution in [0.2, 0.25) is 0 Å². The first kappa shape index (κ1) is 48.2. The second-order valence-electron chi connectivity index (χ2n) is 0. The molecule has 5 heavy (non-hydrogen) atoms. The molecule has 0 N–H and O–H groups in total. The second-order valence-corrected chi connectivity index (χ2v) is 0. The summed E-state index contributed by atoms with van der Waals surface area (Å²) in [6.45, 7) is 0. The zero-order chi connectivity index (χ0) is 0. The molecule has 0 aromatic rings. The van der Waals surface area contributed by atoms with Crippen molar-refractivity contribution in [1.82, 2.24) is 0 Å². The van der Waals surface area contributed by atoms with Crippen LogP contribution in [0, 0.1) is 0 Å². The van der Waals surface area contributed by atoms with Gasteiger partial charge in [-0.25, -0.2) is 0 Å². The zero-order valence-corrected chi connectivity index (χ0v) is 1.46. The Morgan fingerprint density at radius 2 is 0.400 bits per heavy atom. The minimum absolute atomic E-state index is 0. The van der Waals surface area contributed by atoms with Crippen molar-refractivity contribution in [2.24, 2.45) is 0 Å². The first-order valence-electron chi connectivity index (χ1n) is 0. The molecule has 0 heterocycles. The molecule has 0 aromatic heterocycles. The summed E-state index contributed by atoms with van der Waals surface area (Å²) >= 11 is 0. The van der Waals surface area contributed by atoms with E-state index in [9.17, 15) is 0 Å². The molecule has 0 bridgehead atoms. The normalized spacial score (nSPS) is 0. The van der Waals surface area contributed by atoms with Crippen LogP contribution in [0.3, 0.4) is 0 Å². The molecule has 0 aliphatic carbocycles. The number of hydrogen-bond donors (Lipinski definition) is 0. The molecule has 0 saturated heterocycles. The van der Waals surface area contributed by atoms with Crippen molar-refractivity contribution < 1.29 is 17.1 Å². The quantitative estimate of drug-likeness (QED) is 0.325. The van der Waals surface area contributed by atoms with E-state index in [-0.39, 0.29) is 86.5 Å². The smallest absolute Gasteiger partial charge is 0 e. The van der Waals surface area contributed by atoms with Gasteiger partial charge in [0.1, 0.15) is 0 Å². The standard InChI is InChI=1S/4Al.Fe.12H. The predicted octanol–water partition coefficient (Wildman–Crippen LogP) is -4.74. The van der Waals surface area contributed by atoms with E-state index < -0.39 is 0 Å². The minimum atomic E-state index is 0. The van der Waals surface area contributed by atoms with Gasteiger partial charge in [0.05, 0.1) is 0 Å². The van der Waals surface area contributed by atoms with E-state index in [2.05, 4.69) is 0 Å². The first-order valence-corrected chi connectivity index (χ1v) is 0. The Labute approximate surface area is 85.5 Å². The average molecular weight is 176 g/mol. The Kier molecular flexibility index (Phi) is 291. The topological polar surface area (TPSA) is 0 Å². The van der Waals surface area contributed by atoms with Crippen molar-refractivity contribution in [2.75, 3.05) is 0 Å². The molecule has 0 fully saturated rings. The van der Waals surface area contributed by atoms with Crippen molar-refractivity contribution in [3.8, 4) is 0 Å². The van der Waals surface area contributed by atoms with Crippen molar-refractivity contribution in [1.29, 1.82) is 0 Å². The van der Waals surface area contributed by atoms with E-state index in [0.29, 0.717) is 0 Å². The molecule has 0 nitrogen and oxygen atoms in total. The SMILES string of the molecule is [AlH3].[AlH3].[AlH3].[AlH3].[Fe]. The Hall–Kier alpha value is 2.65. The summed E-state index contributed by atoms with van der Waals surface area (Å²) in [7, 11) is 0. The summed E-state index contributed by atoms with van der Waals surface area (Å²) in [6, 6.07) is 0. The van der Waals surface area contributed by atoms with E-state index in [1.165, 1.54) is 0 Å². The monoisotopic (exact) mass is 176 g/mol. The van der Waals surface area contributed by atoms with Crippen molar-refractivity contribution >= 4 is 69.4 Å². The van der Waals surface area contributed by atoms with Crippen molar-refractivity contribution in [3.63, 3.8) is 0 Å². The molecule has 5 heteroatoms. The van der Waals surface area contributed by atoms with Crippen LogP contribution >= 0.6 is 0 Å². The van der Waals surface area contributed by atoms with E-state index >= 15 is 0 Å². The van der Waals surface area contributed by atoms with Gasteiger partial charge in [-0.3, -0.25) is 0 Å². The largest absolute Gasteiger partial charge is 0.187 e. The van der Waals surface area contributed by atoms with Crippen LogP contribution in [0.4, 0.5) is 0 Å². The van der Waals surface area contributed by atoms with Gasteiger partial charge < -0.3 is 0 Å². The molecule has 0 saturated carbocycles. The third-order valence-electron chi connectivity index (χ3n) is 0. The summed E-state index contributed by atoms with van der Waals surface area (Å²) in [4.78, 5) is 0. The summed E-state index contributed by atoms with van der Waals surface area (Å²) in [5, 5.41) is 0. The predicted molar refractivity (Wildman–Crippen MR) is 39.8 cm³/mol. The molecule has 0 aliphatic rings. The van der Waals surface area contributed by atoms with E-state index in [1.807, 2.05) is 0 Å². The van der Waals surface area contributed by atoms with Gasteiger partial charge in [0.2, 0.25) is 0 Å². The summed E-state index contributed by atoms with van der Waals surface area (Å²) < 4.78 is 0. The molecule has 32 valence electrons. The van der Waals surface area contributed by atoms with Crippen molar-refractivity contribution in [2.45, 2.75) is 0 Å². The molecule has 0 aromatic carbocycles. The third-order valence-corrected chi connectivity index (χ3v) is 0. The fourth-order valence-electron chi connectivity index (χ4n) is 0. The molecule has 0 rings (SSSR count). The van der Waals surface area contributed by atoms with Crippen LogP contribution in [0.1, 0.15) is 0 Å². The Morgan fingerprint density at radius 1 is 0.400 bits per heavy atom. The van der Waals surface area contributed by atoms with Gasteiger partial charge in [-0.05, 0) is 0 Å². The van der Waals surface area contributed by atoms with Gasteiger partial charge in [-0.1, -0.05) is 0 Å². The molecule has 0 unspecified atom stereocenters. The van der Waals surface area contributed by atoms with Gasteiger partial charge in [0.25, 0.3) is 0 Å². The van der Waals surface area contributed by atoms with E-state index in [1.54, 1.807) is 0 Å². The molecule has 0 radical (unpaired) electrons. The van der Waals surface area contributed by atoms with Crippen LogP contribution in [-0.4, -0.2) is 69.4 Å². The average Bonchev–Trinajstić information content (AvgIpc) is 0. The molecular formula is H12Al4Fe. The summed E-state index contributed by atoms with van der Waals surface area (Å²) in [5.74, 6) is 0. The Balaban J connectivity index is 0.